The Hall–Kier alpha value is -3.43. The van der Waals surface area contributed by atoms with Crippen LogP contribution in [0.15, 0.2) is 70.5 Å². The van der Waals surface area contributed by atoms with Gasteiger partial charge in [0.2, 0.25) is 5.78 Å². The quantitative estimate of drug-likeness (QED) is 0.179. The van der Waals surface area contributed by atoms with Gasteiger partial charge < -0.3 is 4.57 Å². The number of ketones is 1. The van der Waals surface area contributed by atoms with E-state index in [1.54, 1.807) is 28.0 Å². The Morgan fingerprint density at radius 1 is 1.15 bits per heavy atom. The lowest BCUT2D eigenvalue weighted by Gasteiger charge is -2.10. The third-order valence-corrected chi connectivity index (χ3v) is 7.68. The maximum atomic E-state index is 13.2. The Labute approximate surface area is 204 Å². The fourth-order valence-corrected chi connectivity index (χ4v) is 5.73. The second-order valence-electron chi connectivity index (χ2n) is 8.00. The first-order chi connectivity index (χ1) is 16.5. The lowest BCUT2D eigenvalue weighted by Crippen LogP contribution is -2.22. The Balaban J connectivity index is 1.47. The molecule has 1 aromatic carbocycles. The number of allylic oxidation sites excluding steroid dienone is 1. The molecule has 0 atom stereocenters. The molecular formula is C25H23N5O2S2. The highest BCUT2D eigenvalue weighted by molar-refractivity contribution is 7.99. The Kier molecular flexibility index (Phi) is 5.97. The molecule has 0 bridgehead atoms. The molecule has 0 aliphatic carbocycles. The number of thioether (sulfide) groups is 1. The Bertz CT molecular complexity index is 1590. The van der Waals surface area contributed by atoms with Crippen molar-refractivity contribution in [1.82, 2.24) is 23.7 Å². The number of para-hydroxylation sites is 1. The minimum atomic E-state index is -0.138. The van der Waals surface area contributed by atoms with Gasteiger partial charge in [0.15, 0.2) is 10.9 Å². The van der Waals surface area contributed by atoms with Crippen molar-refractivity contribution in [3.63, 3.8) is 0 Å². The summed E-state index contributed by atoms with van der Waals surface area (Å²) >= 11 is 3.04. The maximum absolute atomic E-state index is 13.2. The van der Waals surface area contributed by atoms with Gasteiger partial charge in [0, 0.05) is 28.4 Å². The molecule has 5 rings (SSSR count). The van der Waals surface area contributed by atoms with Crippen molar-refractivity contribution >= 4 is 45.6 Å². The Morgan fingerprint density at radius 3 is 2.74 bits per heavy atom. The molecule has 0 aliphatic rings. The SMILES string of the molecule is C=CCn1c(=O)c2ccccc2n2c(SCC(=O)c3cc(C)n(Cc4cccs4)c3C)nnc12. The van der Waals surface area contributed by atoms with Crippen LogP contribution in [0.2, 0.25) is 0 Å². The normalized spacial score (nSPS) is 11.5. The number of carbonyl (C=O) groups excluding carboxylic acids is 1. The van der Waals surface area contributed by atoms with Crippen LogP contribution < -0.4 is 5.56 Å². The first-order valence-corrected chi connectivity index (χ1v) is 12.7. The number of hydrogen-bond acceptors (Lipinski definition) is 6. The number of aromatic nitrogens is 5. The molecule has 7 nitrogen and oxygen atoms in total. The topological polar surface area (TPSA) is 74.2 Å². The van der Waals surface area contributed by atoms with E-state index in [4.69, 9.17) is 0 Å². The van der Waals surface area contributed by atoms with E-state index in [1.165, 1.54) is 16.6 Å². The summed E-state index contributed by atoms with van der Waals surface area (Å²) in [6.45, 7) is 8.86. The van der Waals surface area contributed by atoms with Crippen LogP contribution in [-0.2, 0) is 13.1 Å². The van der Waals surface area contributed by atoms with E-state index in [9.17, 15) is 9.59 Å². The number of aryl methyl sites for hydroxylation is 1. The molecule has 0 N–H and O–H groups in total. The highest BCUT2D eigenvalue weighted by atomic mass is 32.2. The van der Waals surface area contributed by atoms with Crippen molar-refractivity contribution in [2.75, 3.05) is 5.75 Å². The van der Waals surface area contributed by atoms with Crippen LogP contribution in [0.5, 0.6) is 0 Å². The summed E-state index contributed by atoms with van der Waals surface area (Å²) in [5.41, 5.74) is 3.33. The van der Waals surface area contributed by atoms with E-state index < -0.39 is 0 Å². The second kappa shape index (κ2) is 9.08. The minimum Gasteiger partial charge on any atom is -0.343 e. The van der Waals surface area contributed by atoms with Crippen LogP contribution in [0.25, 0.3) is 16.7 Å². The predicted molar refractivity (Wildman–Crippen MR) is 137 cm³/mol. The minimum absolute atomic E-state index is 0.0380. The molecule has 34 heavy (non-hydrogen) atoms. The van der Waals surface area contributed by atoms with Gasteiger partial charge >= 0.3 is 0 Å². The van der Waals surface area contributed by atoms with Crippen LogP contribution in [0.1, 0.15) is 26.6 Å². The van der Waals surface area contributed by atoms with E-state index in [2.05, 4.69) is 32.8 Å². The summed E-state index contributed by atoms with van der Waals surface area (Å²) in [6, 6.07) is 13.5. The van der Waals surface area contributed by atoms with Gasteiger partial charge in [0.1, 0.15) is 0 Å². The molecule has 0 amide bonds. The zero-order chi connectivity index (χ0) is 23.8. The van der Waals surface area contributed by atoms with Gasteiger partial charge in [-0.2, -0.15) is 0 Å². The van der Waals surface area contributed by atoms with Crippen LogP contribution in [0.3, 0.4) is 0 Å². The molecule has 4 heterocycles. The Morgan fingerprint density at radius 2 is 1.97 bits per heavy atom. The van der Waals surface area contributed by atoms with Crippen LogP contribution >= 0.6 is 23.1 Å². The molecule has 4 aromatic heterocycles. The highest BCUT2D eigenvalue weighted by Gasteiger charge is 2.20. The van der Waals surface area contributed by atoms with E-state index in [-0.39, 0.29) is 17.1 Å². The summed E-state index contributed by atoms with van der Waals surface area (Å²) in [6.07, 6.45) is 1.66. The van der Waals surface area contributed by atoms with E-state index in [0.717, 1.165) is 29.0 Å². The molecular weight excluding hydrogens is 466 g/mol. The zero-order valence-electron chi connectivity index (χ0n) is 18.9. The van der Waals surface area contributed by atoms with Gasteiger partial charge in [-0.05, 0) is 43.5 Å². The molecule has 0 saturated carbocycles. The van der Waals surface area contributed by atoms with Crippen molar-refractivity contribution in [3.8, 4) is 0 Å². The van der Waals surface area contributed by atoms with Crippen LogP contribution in [0, 0.1) is 13.8 Å². The average molecular weight is 490 g/mol. The van der Waals surface area contributed by atoms with Gasteiger partial charge in [-0.3, -0.25) is 18.6 Å². The fourth-order valence-electron chi connectivity index (χ4n) is 4.21. The molecule has 0 radical (unpaired) electrons. The molecule has 0 spiro atoms. The summed E-state index contributed by atoms with van der Waals surface area (Å²) < 4.78 is 5.57. The van der Waals surface area contributed by atoms with Crippen molar-refractivity contribution in [2.24, 2.45) is 0 Å². The van der Waals surface area contributed by atoms with Crippen molar-refractivity contribution in [1.29, 1.82) is 0 Å². The van der Waals surface area contributed by atoms with Gasteiger partial charge in [-0.15, -0.1) is 28.1 Å². The first-order valence-electron chi connectivity index (χ1n) is 10.8. The molecule has 0 saturated heterocycles. The third kappa shape index (κ3) is 3.80. The van der Waals surface area contributed by atoms with Gasteiger partial charge in [-0.25, -0.2) is 0 Å². The zero-order valence-corrected chi connectivity index (χ0v) is 20.5. The lowest BCUT2D eigenvalue weighted by molar-refractivity contribution is 0.102. The number of nitrogens with zero attached hydrogens (tertiary/aromatic N) is 5. The molecule has 9 heteroatoms. The maximum Gasteiger partial charge on any atom is 0.263 e. The van der Waals surface area contributed by atoms with Crippen molar-refractivity contribution < 1.29 is 4.79 Å². The number of carbonyl (C=O) groups is 1. The average Bonchev–Trinajstić information content (AvgIpc) is 3.57. The molecule has 0 aliphatic heterocycles. The van der Waals surface area contributed by atoms with E-state index >= 15 is 0 Å². The smallest absolute Gasteiger partial charge is 0.263 e. The van der Waals surface area contributed by atoms with Crippen LogP contribution in [-0.4, -0.2) is 35.3 Å². The van der Waals surface area contributed by atoms with Crippen LogP contribution in [0.4, 0.5) is 0 Å². The molecule has 5 aromatic rings. The monoisotopic (exact) mass is 489 g/mol. The number of thiophene rings is 1. The summed E-state index contributed by atoms with van der Waals surface area (Å²) in [5, 5.41) is 11.8. The largest absolute Gasteiger partial charge is 0.343 e. The number of benzene rings is 1. The standard InChI is InChI=1S/C25H23N5O2S2/c1-4-11-28-23(32)19-9-5-6-10-21(19)30-24(28)26-27-25(30)34-15-22(31)20-13-16(2)29(17(20)3)14-18-8-7-12-33-18/h4-10,12-13H,1,11,14-15H2,2-3H3. The van der Waals surface area contributed by atoms with Crippen molar-refractivity contribution in [3.05, 3.63) is 92.7 Å². The fraction of sp³-hybridized carbons (Fsp3) is 0.200. The molecule has 0 fully saturated rings. The molecule has 172 valence electrons. The summed E-state index contributed by atoms with van der Waals surface area (Å²) in [7, 11) is 0. The number of hydrogen-bond donors (Lipinski definition) is 0. The van der Waals surface area contributed by atoms with Gasteiger partial charge in [0.05, 0.1) is 23.2 Å². The van der Waals surface area contributed by atoms with Gasteiger partial charge in [0.25, 0.3) is 5.56 Å². The third-order valence-electron chi connectivity index (χ3n) is 5.89. The lowest BCUT2D eigenvalue weighted by atomic mass is 10.2. The number of fused-ring (bicyclic) bond motifs is 3. The van der Waals surface area contributed by atoms with Gasteiger partial charge in [-0.1, -0.05) is 36.0 Å². The predicted octanol–water partition coefficient (Wildman–Crippen LogP) is 4.73. The van der Waals surface area contributed by atoms with E-state index in [1.807, 2.05) is 48.6 Å². The summed E-state index contributed by atoms with van der Waals surface area (Å²) in [4.78, 5) is 27.4. The first kappa shape index (κ1) is 22.4. The summed E-state index contributed by atoms with van der Waals surface area (Å²) in [5.74, 6) is 0.697. The molecule has 0 unspecified atom stereocenters. The highest BCUT2D eigenvalue weighted by Crippen LogP contribution is 2.25. The van der Waals surface area contributed by atoms with Crippen molar-refractivity contribution in [2.45, 2.75) is 32.1 Å². The number of rotatable bonds is 8. The van der Waals surface area contributed by atoms with E-state index in [0.29, 0.717) is 22.9 Å². The number of Topliss-reactive ketones (excluding diaryl/α,β-unsaturated/α-hetero) is 1. The second-order valence-corrected chi connectivity index (χ2v) is 9.98.